The lowest BCUT2D eigenvalue weighted by Crippen LogP contribution is -2.76. The Morgan fingerprint density at radius 3 is 2.33 bits per heavy atom. The Hall–Kier alpha value is 0.280. The van der Waals surface area contributed by atoms with Crippen LogP contribution < -0.4 is 11.1 Å². The number of nitrogens with zero attached hydrogens (tertiary/aromatic N) is 1. The maximum atomic E-state index is 13.0. The topological polar surface area (TPSA) is 67.6 Å². The maximum absolute atomic E-state index is 13.0. The minimum atomic E-state index is -0.815. The van der Waals surface area contributed by atoms with Crippen molar-refractivity contribution in [3.63, 3.8) is 0 Å². The molecule has 0 aromatic rings. The first kappa shape index (κ1) is 25.3. The number of amides is 1. The van der Waals surface area contributed by atoms with E-state index in [-0.39, 0.29) is 47.8 Å². The van der Waals surface area contributed by atoms with E-state index in [0.717, 1.165) is 19.6 Å². The lowest BCUT2D eigenvalue weighted by Gasteiger charge is -2.57. The van der Waals surface area contributed by atoms with Crippen LogP contribution in [0.5, 0.6) is 0 Å². The van der Waals surface area contributed by atoms with Crippen molar-refractivity contribution in [2.24, 2.45) is 11.1 Å². The molecule has 0 spiro atoms. The number of halogens is 2. The van der Waals surface area contributed by atoms with Crippen LogP contribution in [0.2, 0.25) is 0 Å². The fourth-order valence-corrected chi connectivity index (χ4v) is 5.80. The van der Waals surface area contributed by atoms with Crippen molar-refractivity contribution in [3.8, 4) is 0 Å². The Morgan fingerprint density at radius 2 is 1.81 bits per heavy atom. The van der Waals surface area contributed by atoms with Crippen LogP contribution in [0.3, 0.4) is 0 Å². The van der Waals surface area contributed by atoms with Crippen LogP contribution in [-0.2, 0) is 9.53 Å². The van der Waals surface area contributed by atoms with Crippen LogP contribution in [0.25, 0.3) is 0 Å². The van der Waals surface area contributed by atoms with Gasteiger partial charge in [-0.15, -0.1) is 24.8 Å². The van der Waals surface area contributed by atoms with E-state index in [0.29, 0.717) is 13.0 Å². The molecule has 160 valence electrons. The number of thioether (sulfide) groups is 1. The van der Waals surface area contributed by atoms with E-state index in [4.69, 9.17) is 10.5 Å². The smallest absolute Gasteiger partial charge is 0.240 e. The second kappa shape index (κ2) is 9.86. The predicted molar refractivity (Wildman–Crippen MR) is 118 cm³/mol. The standard InChI is InChI=1S/C19H35N3O2S.2ClH/c1-4-24-15-13-19(20,17(15,2)3)16(23)21-14-18(7-5-6-8-18)22-9-11-25-12-10-22;;/h15H,4-14,20H2,1-3H3,(H,21,23);2*1H. The normalized spacial score (nSPS) is 31.9. The average Bonchev–Trinajstić information content (AvgIpc) is 3.10. The number of hydrogen-bond donors (Lipinski definition) is 2. The third kappa shape index (κ3) is 4.56. The molecule has 3 aliphatic rings. The summed E-state index contributed by atoms with van der Waals surface area (Å²) in [6, 6.07) is 0. The van der Waals surface area contributed by atoms with Gasteiger partial charge in [0, 0.05) is 55.1 Å². The van der Waals surface area contributed by atoms with Crippen molar-refractivity contribution in [2.75, 3.05) is 37.7 Å². The molecule has 0 aromatic carbocycles. The van der Waals surface area contributed by atoms with Crippen molar-refractivity contribution in [1.29, 1.82) is 0 Å². The summed E-state index contributed by atoms with van der Waals surface area (Å²) in [5.74, 6) is 2.42. The zero-order valence-corrected chi connectivity index (χ0v) is 19.4. The number of ether oxygens (including phenoxy) is 1. The van der Waals surface area contributed by atoms with E-state index in [1.54, 1.807) is 0 Å². The van der Waals surface area contributed by atoms with Crippen LogP contribution >= 0.6 is 36.6 Å². The highest BCUT2D eigenvalue weighted by Crippen LogP contribution is 2.50. The zero-order valence-electron chi connectivity index (χ0n) is 16.9. The number of carbonyl (C=O) groups is 1. The number of hydrogen-bond acceptors (Lipinski definition) is 5. The fraction of sp³-hybridized carbons (Fsp3) is 0.947. The zero-order chi connectivity index (χ0) is 18.1. The lowest BCUT2D eigenvalue weighted by atomic mass is 9.54. The van der Waals surface area contributed by atoms with E-state index in [9.17, 15) is 4.79 Å². The molecule has 1 aliphatic heterocycles. The number of nitrogens with two attached hydrogens (primary N) is 1. The van der Waals surface area contributed by atoms with Crippen LogP contribution in [0.15, 0.2) is 0 Å². The molecule has 1 saturated heterocycles. The summed E-state index contributed by atoms with van der Waals surface area (Å²) >= 11 is 2.04. The Labute approximate surface area is 181 Å². The Bertz CT molecular complexity index is 497. The molecular formula is C19H37Cl2N3O2S. The largest absolute Gasteiger partial charge is 0.378 e. The summed E-state index contributed by atoms with van der Waals surface area (Å²) in [6.07, 6.45) is 5.62. The minimum Gasteiger partial charge on any atom is -0.378 e. The SMILES string of the molecule is CCOC1CC(N)(C(=O)NCC2(N3CCSCC3)CCCC2)C1(C)C.Cl.Cl. The summed E-state index contributed by atoms with van der Waals surface area (Å²) in [5.41, 5.74) is 5.56. The number of carbonyl (C=O) groups excluding carboxylic acids is 1. The third-order valence-corrected chi connectivity index (χ3v) is 7.97. The van der Waals surface area contributed by atoms with Gasteiger partial charge in [-0.1, -0.05) is 26.7 Å². The Morgan fingerprint density at radius 1 is 1.22 bits per heavy atom. The first-order chi connectivity index (χ1) is 11.9. The molecule has 1 amide bonds. The summed E-state index contributed by atoms with van der Waals surface area (Å²) in [5, 5.41) is 3.26. The van der Waals surface area contributed by atoms with Gasteiger partial charge < -0.3 is 15.8 Å². The molecule has 2 unspecified atom stereocenters. The van der Waals surface area contributed by atoms with Gasteiger partial charge in [-0.3, -0.25) is 9.69 Å². The molecule has 2 atom stereocenters. The second-order valence-electron chi connectivity index (χ2n) is 8.55. The summed E-state index contributed by atoms with van der Waals surface area (Å²) in [6.45, 7) is 9.81. The monoisotopic (exact) mass is 441 g/mol. The number of nitrogens with one attached hydrogen (secondary N) is 1. The molecular weight excluding hydrogens is 405 g/mol. The maximum Gasteiger partial charge on any atom is 0.240 e. The molecule has 5 nitrogen and oxygen atoms in total. The van der Waals surface area contributed by atoms with E-state index in [1.165, 1.54) is 37.2 Å². The van der Waals surface area contributed by atoms with Gasteiger partial charge in [0.15, 0.2) is 0 Å². The predicted octanol–water partition coefficient (Wildman–Crippen LogP) is 2.84. The van der Waals surface area contributed by atoms with Gasteiger partial charge in [0.25, 0.3) is 0 Å². The van der Waals surface area contributed by atoms with E-state index in [2.05, 4.69) is 24.1 Å². The molecule has 1 heterocycles. The van der Waals surface area contributed by atoms with E-state index in [1.807, 2.05) is 18.7 Å². The van der Waals surface area contributed by atoms with Gasteiger partial charge in [-0.05, 0) is 19.8 Å². The molecule has 27 heavy (non-hydrogen) atoms. The van der Waals surface area contributed by atoms with Crippen LogP contribution in [-0.4, -0.2) is 65.7 Å². The van der Waals surface area contributed by atoms with Crippen molar-refractivity contribution >= 4 is 42.5 Å². The van der Waals surface area contributed by atoms with Crippen molar-refractivity contribution in [1.82, 2.24) is 10.2 Å². The molecule has 8 heteroatoms. The van der Waals surface area contributed by atoms with Crippen molar-refractivity contribution < 1.29 is 9.53 Å². The van der Waals surface area contributed by atoms with Gasteiger partial charge >= 0.3 is 0 Å². The Kier molecular flexibility index (Phi) is 9.24. The number of rotatable bonds is 6. The van der Waals surface area contributed by atoms with Gasteiger partial charge in [-0.2, -0.15) is 11.8 Å². The minimum absolute atomic E-state index is 0. The molecule has 0 radical (unpaired) electrons. The Balaban J connectivity index is 0.00000182. The first-order valence-electron chi connectivity index (χ1n) is 9.87. The van der Waals surface area contributed by atoms with Crippen molar-refractivity contribution in [2.45, 2.75) is 70.1 Å². The van der Waals surface area contributed by atoms with E-state index < -0.39 is 5.54 Å². The summed E-state index contributed by atoms with van der Waals surface area (Å²) < 4.78 is 5.76. The van der Waals surface area contributed by atoms with E-state index >= 15 is 0 Å². The van der Waals surface area contributed by atoms with Gasteiger partial charge in [0.1, 0.15) is 5.54 Å². The fourth-order valence-electron chi connectivity index (χ4n) is 4.90. The van der Waals surface area contributed by atoms with Gasteiger partial charge in [-0.25, -0.2) is 0 Å². The first-order valence-corrected chi connectivity index (χ1v) is 11.0. The average molecular weight is 442 g/mol. The molecule has 0 bridgehead atoms. The molecule has 3 rings (SSSR count). The van der Waals surface area contributed by atoms with Crippen LogP contribution in [0, 0.1) is 5.41 Å². The summed E-state index contributed by atoms with van der Waals surface area (Å²) in [4.78, 5) is 15.6. The quantitative estimate of drug-likeness (QED) is 0.662. The molecule has 0 aromatic heterocycles. The lowest BCUT2D eigenvalue weighted by molar-refractivity contribution is -0.171. The highest BCUT2D eigenvalue weighted by molar-refractivity contribution is 7.99. The molecule has 3 N–H and O–H groups in total. The highest BCUT2D eigenvalue weighted by Gasteiger charge is 2.63. The second-order valence-corrected chi connectivity index (χ2v) is 9.78. The molecule has 2 saturated carbocycles. The molecule has 2 aliphatic carbocycles. The third-order valence-electron chi connectivity index (χ3n) is 7.03. The van der Waals surface area contributed by atoms with Crippen LogP contribution in [0.4, 0.5) is 0 Å². The highest BCUT2D eigenvalue weighted by atomic mass is 35.5. The van der Waals surface area contributed by atoms with Gasteiger partial charge in [0.05, 0.1) is 6.10 Å². The van der Waals surface area contributed by atoms with Crippen molar-refractivity contribution in [3.05, 3.63) is 0 Å². The van der Waals surface area contributed by atoms with Crippen LogP contribution in [0.1, 0.15) is 52.9 Å². The molecule has 3 fully saturated rings. The summed E-state index contributed by atoms with van der Waals surface area (Å²) in [7, 11) is 0. The van der Waals surface area contributed by atoms with Gasteiger partial charge in [0.2, 0.25) is 5.91 Å².